The number of para-hydroxylation sites is 2. The Balaban J connectivity index is 1.57. The molecule has 1 atom stereocenters. The van der Waals surface area contributed by atoms with Gasteiger partial charge in [-0.3, -0.25) is 19.8 Å². The highest BCUT2D eigenvalue weighted by atomic mass is 19.1. The number of hydrogen-bond donors (Lipinski definition) is 2. The third-order valence-corrected chi connectivity index (χ3v) is 5.43. The summed E-state index contributed by atoms with van der Waals surface area (Å²) in [6.07, 6.45) is 0.924. The molecule has 158 valence electrons. The Hall–Kier alpha value is -3.51. The zero-order valence-electron chi connectivity index (χ0n) is 17.3. The average molecular weight is 417 g/mol. The van der Waals surface area contributed by atoms with Crippen molar-refractivity contribution in [2.45, 2.75) is 19.4 Å². The van der Waals surface area contributed by atoms with E-state index in [1.54, 1.807) is 18.2 Å². The summed E-state index contributed by atoms with van der Waals surface area (Å²) in [7, 11) is 0. The Morgan fingerprint density at radius 1 is 1.06 bits per heavy atom. The third-order valence-electron chi connectivity index (χ3n) is 5.43. The monoisotopic (exact) mass is 417 g/mol. The van der Waals surface area contributed by atoms with Crippen LogP contribution < -0.4 is 15.5 Å². The molecule has 1 heterocycles. The van der Waals surface area contributed by atoms with Crippen LogP contribution in [0, 0.1) is 5.82 Å². The van der Waals surface area contributed by atoms with Crippen LogP contribution in [0.2, 0.25) is 0 Å². The van der Waals surface area contributed by atoms with E-state index < -0.39 is 0 Å². The van der Waals surface area contributed by atoms with E-state index in [-0.39, 0.29) is 36.8 Å². The van der Waals surface area contributed by atoms with E-state index in [0.29, 0.717) is 11.4 Å². The standard InChI is InChI=1S/C25H24FN3O2/c1-2-17-10-12-18(13-11-17)25(19-6-5-7-20(26)14-19)27-15-24(31)29-16-23(30)28-21-8-3-4-9-22(21)29/h3-14,25,27H,2,15-16H2,1H3,(H,28,30)/t25-/m1/s1. The second-order valence-electron chi connectivity index (χ2n) is 7.51. The molecule has 0 bridgehead atoms. The lowest BCUT2D eigenvalue weighted by molar-refractivity contribution is -0.121. The van der Waals surface area contributed by atoms with Gasteiger partial charge in [0.15, 0.2) is 0 Å². The quantitative estimate of drug-likeness (QED) is 0.636. The average Bonchev–Trinajstić information content (AvgIpc) is 2.79. The van der Waals surface area contributed by atoms with Gasteiger partial charge in [0.25, 0.3) is 0 Å². The van der Waals surface area contributed by atoms with Crippen LogP contribution >= 0.6 is 0 Å². The van der Waals surface area contributed by atoms with E-state index in [4.69, 9.17) is 0 Å². The first-order chi connectivity index (χ1) is 15.0. The first-order valence-electron chi connectivity index (χ1n) is 10.3. The molecule has 0 fully saturated rings. The number of fused-ring (bicyclic) bond motifs is 1. The molecule has 0 radical (unpaired) electrons. The van der Waals surface area contributed by atoms with Gasteiger partial charge >= 0.3 is 0 Å². The number of rotatable bonds is 6. The lowest BCUT2D eigenvalue weighted by Crippen LogP contribution is -2.46. The second-order valence-corrected chi connectivity index (χ2v) is 7.51. The number of anilines is 2. The molecule has 0 spiro atoms. The molecular weight excluding hydrogens is 393 g/mol. The second kappa shape index (κ2) is 9.10. The summed E-state index contributed by atoms with van der Waals surface area (Å²) in [5.41, 5.74) is 4.16. The Morgan fingerprint density at radius 3 is 2.58 bits per heavy atom. The third kappa shape index (κ3) is 4.64. The Labute approximate surface area is 180 Å². The van der Waals surface area contributed by atoms with Gasteiger partial charge in [0, 0.05) is 0 Å². The summed E-state index contributed by atoms with van der Waals surface area (Å²) >= 11 is 0. The van der Waals surface area contributed by atoms with Gasteiger partial charge in [0.05, 0.1) is 24.0 Å². The highest BCUT2D eigenvalue weighted by molar-refractivity contribution is 6.10. The van der Waals surface area contributed by atoms with Crippen LogP contribution in [0.3, 0.4) is 0 Å². The van der Waals surface area contributed by atoms with Crippen molar-refractivity contribution >= 4 is 23.2 Å². The van der Waals surface area contributed by atoms with E-state index in [1.807, 2.05) is 42.5 Å². The molecule has 3 aromatic carbocycles. The number of nitrogens with zero attached hydrogens (tertiary/aromatic N) is 1. The molecule has 2 N–H and O–H groups in total. The summed E-state index contributed by atoms with van der Waals surface area (Å²) in [5, 5.41) is 6.05. The number of aryl methyl sites for hydroxylation is 1. The van der Waals surface area contributed by atoms with Gasteiger partial charge in [-0.1, -0.05) is 55.5 Å². The molecule has 5 nitrogen and oxygen atoms in total. The molecule has 0 aliphatic carbocycles. The Kier molecular flexibility index (Phi) is 6.09. The van der Waals surface area contributed by atoms with Crippen molar-refractivity contribution in [3.63, 3.8) is 0 Å². The number of carbonyl (C=O) groups excluding carboxylic acids is 2. The van der Waals surface area contributed by atoms with Crippen LogP contribution in [0.25, 0.3) is 0 Å². The number of halogens is 1. The first-order valence-corrected chi connectivity index (χ1v) is 10.3. The van der Waals surface area contributed by atoms with Crippen LogP contribution in [0.1, 0.15) is 29.7 Å². The van der Waals surface area contributed by atoms with Gasteiger partial charge in [-0.15, -0.1) is 0 Å². The van der Waals surface area contributed by atoms with E-state index in [2.05, 4.69) is 17.6 Å². The lowest BCUT2D eigenvalue weighted by Gasteiger charge is -2.30. The number of hydrogen-bond acceptors (Lipinski definition) is 3. The molecule has 31 heavy (non-hydrogen) atoms. The Morgan fingerprint density at radius 2 is 1.84 bits per heavy atom. The largest absolute Gasteiger partial charge is 0.323 e. The SMILES string of the molecule is CCc1ccc([C@@H](NCC(=O)N2CC(=O)Nc3ccccc32)c2cccc(F)c2)cc1. The normalized spacial score (nSPS) is 14.0. The van der Waals surface area contributed by atoms with Crippen molar-refractivity contribution in [3.05, 3.63) is 95.3 Å². The van der Waals surface area contributed by atoms with Crippen molar-refractivity contribution in [1.82, 2.24) is 5.32 Å². The minimum Gasteiger partial charge on any atom is -0.323 e. The molecule has 0 unspecified atom stereocenters. The predicted molar refractivity (Wildman–Crippen MR) is 119 cm³/mol. The maximum atomic E-state index is 13.9. The minimum atomic E-state index is -0.362. The van der Waals surface area contributed by atoms with Gasteiger partial charge in [0.2, 0.25) is 11.8 Å². The van der Waals surface area contributed by atoms with Crippen LogP contribution in [0.15, 0.2) is 72.8 Å². The smallest absolute Gasteiger partial charge is 0.244 e. The molecule has 0 aromatic heterocycles. The van der Waals surface area contributed by atoms with Gasteiger partial charge < -0.3 is 5.32 Å². The van der Waals surface area contributed by atoms with Gasteiger partial charge in [-0.05, 0) is 47.4 Å². The maximum absolute atomic E-state index is 13.9. The molecule has 1 aliphatic heterocycles. The number of benzene rings is 3. The van der Waals surface area contributed by atoms with Crippen LogP contribution in [-0.2, 0) is 16.0 Å². The van der Waals surface area contributed by atoms with Gasteiger partial charge in [-0.25, -0.2) is 4.39 Å². The molecule has 6 heteroatoms. The summed E-state index contributed by atoms with van der Waals surface area (Å²) in [5.74, 6) is -0.791. The summed E-state index contributed by atoms with van der Waals surface area (Å²) < 4.78 is 13.9. The molecular formula is C25H24FN3O2. The number of nitrogens with one attached hydrogen (secondary N) is 2. The fourth-order valence-electron chi connectivity index (χ4n) is 3.80. The first kappa shape index (κ1) is 20.8. The molecule has 1 aliphatic rings. The molecule has 4 rings (SSSR count). The highest BCUT2D eigenvalue weighted by Gasteiger charge is 2.27. The van der Waals surface area contributed by atoms with Crippen LogP contribution in [0.4, 0.5) is 15.8 Å². The van der Waals surface area contributed by atoms with Crippen molar-refractivity contribution in [2.24, 2.45) is 0 Å². The fraction of sp³-hybridized carbons (Fsp3) is 0.200. The van der Waals surface area contributed by atoms with Crippen molar-refractivity contribution in [3.8, 4) is 0 Å². The van der Waals surface area contributed by atoms with Crippen molar-refractivity contribution in [1.29, 1.82) is 0 Å². The van der Waals surface area contributed by atoms with Gasteiger partial charge in [0.1, 0.15) is 12.4 Å². The zero-order chi connectivity index (χ0) is 21.8. The predicted octanol–water partition coefficient (Wildman–Crippen LogP) is 4.05. The van der Waals surface area contributed by atoms with E-state index in [0.717, 1.165) is 17.5 Å². The van der Waals surface area contributed by atoms with Crippen LogP contribution in [-0.4, -0.2) is 24.9 Å². The van der Waals surface area contributed by atoms with Crippen LogP contribution in [0.5, 0.6) is 0 Å². The van der Waals surface area contributed by atoms with Crippen molar-refractivity contribution < 1.29 is 14.0 Å². The lowest BCUT2D eigenvalue weighted by atomic mass is 9.97. The van der Waals surface area contributed by atoms with Gasteiger partial charge in [-0.2, -0.15) is 0 Å². The summed E-state index contributed by atoms with van der Waals surface area (Å²) in [6, 6.07) is 21.3. The number of carbonyl (C=O) groups is 2. The highest BCUT2D eigenvalue weighted by Crippen LogP contribution is 2.29. The molecule has 3 aromatic rings. The van der Waals surface area contributed by atoms with E-state index >= 15 is 0 Å². The topological polar surface area (TPSA) is 61.4 Å². The fourth-order valence-corrected chi connectivity index (χ4v) is 3.80. The number of amides is 2. The zero-order valence-corrected chi connectivity index (χ0v) is 17.3. The van der Waals surface area contributed by atoms with E-state index in [9.17, 15) is 14.0 Å². The Bertz CT molecular complexity index is 1100. The molecule has 2 amide bonds. The van der Waals surface area contributed by atoms with E-state index in [1.165, 1.54) is 22.6 Å². The summed E-state index contributed by atoms with van der Waals surface area (Å²) in [4.78, 5) is 26.6. The summed E-state index contributed by atoms with van der Waals surface area (Å²) in [6.45, 7) is 2.05. The molecule has 0 saturated carbocycles. The molecule has 0 saturated heterocycles. The maximum Gasteiger partial charge on any atom is 0.244 e. The van der Waals surface area contributed by atoms with Crippen molar-refractivity contribution in [2.75, 3.05) is 23.3 Å². The minimum absolute atomic E-state index is 0.00166.